The summed E-state index contributed by atoms with van der Waals surface area (Å²) in [6, 6.07) is 6.63. The van der Waals surface area contributed by atoms with Gasteiger partial charge < -0.3 is 10.1 Å². The fourth-order valence-electron chi connectivity index (χ4n) is 2.87. The number of hydrogen-bond donors (Lipinski definition) is 1. The van der Waals surface area contributed by atoms with Crippen LogP contribution in [-0.2, 0) is 12.8 Å². The molecule has 0 spiro atoms. The van der Waals surface area contributed by atoms with Crippen LogP contribution in [0.25, 0.3) is 0 Å². The Kier molecular flexibility index (Phi) is 6.10. The van der Waals surface area contributed by atoms with Crippen molar-refractivity contribution in [2.75, 3.05) is 13.2 Å². The number of nitrogens with one attached hydrogen (secondary N) is 1. The van der Waals surface area contributed by atoms with Crippen molar-refractivity contribution >= 4 is 0 Å². The molecule has 2 heteroatoms. The zero-order valence-electron chi connectivity index (χ0n) is 14.0. The van der Waals surface area contributed by atoms with Crippen LogP contribution in [0.5, 0.6) is 5.75 Å². The summed E-state index contributed by atoms with van der Waals surface area (Å²) >= 11 is 0. The van der Waals surface area contributed by atoms with E-state index in [2.05, 4.69) is 44.3 Å². The Morgan fingerprint density at radius 2 is 1.76 bits per heavy atom. The van der Waals surface area contributed by atoms with Crippen LogP contribution in [0.15, 0.2) is 18.2 Å². The highest BCUT2D eigenvalue weighted by molar-refractivity contribution is 5.38. The third-order valence-corrected chi connectivity index (χ3v) is 4.07. The van der Waals surface area contributed by atoms with E-state index in [-0.39, 0.29) is 5.54 Å². The predicted octanol–water partition coefficient (Wildman–Crippen LogP) is 4.50. The van der Waals surface area contributed by atoms with E-state index >= 15 is 0 Å². The maximum absolute atomic E-state index is 5.88. The van der Waals surface area contributed by atoms with Crippen LogP contribution in [0.2, 0.25) is 0 Å². The Morgan fingerprint density at radius 1 is 1.00 bits per heavy atom. The van der Waals surface area contributed by atoms with E-state index in [0.29, 0.717) is 0 Å². The second-order valence-corrected chi connectivity index (χ2v) is 7.22. The molecule has 2 nitrogen and oxygen atoms in total. The van der Waals surface area contributed by atoms with Gasteiger partial charge in [-0.15, -0.1) is 0 Å². The fraction of sp³-hybridized carbons (Fsp3) is 0.684. The first-order valence-corrected chi connectivity index (χ1v) is 8.54. The van der Waals surface area contributed by atoms with E-state index < -0.39 is 0 Å². The molecule has 1 N–H and O–H groups in total. The van der Waals surface area contributed by atoms with Gasteiger partial charge in [-0.2, -0.15) is 0 Å². The van der Waals surface area contributed by atoms with Crippen molar-refractivity contribution in [1.29, 1.82) is 0 Å². The highest BCUT2D eigenvalue weighted by Gasteiger charge is 2.11. The molecule has 0 amide bonds. The molecule has 21 heavy (non-hydrogen) atoms. The first-order valence-electron chi connectivity index (χ1n) is 8.54. The van der Waals surface area contributed by atoms with Crippen LogP contribution in [0.1, 0.15) is 64.0 Å². The van der Waals surface area contributed by atoms with Gasteiger partial charge in [-0.05, 0) is 82.7 Å². The summed E-state index contributed by atoms with van der Waals surface area (Å²) in [5.74, 6) is 1.06. The average molecular weight is 289 g/mol. The smallest absolute Gasteiger partial charge is 0.119 e. The Morgan fingerprint density at radius 3 is 2.57 bits per heavy atom. The summed E-state index contributed by atoms with van der Waals surface area (Å²) in [6.07, 6.45) is 8.75. The van der Waals surface area contributed by atoms with E-state index in [9.17, 15) is 0 Å². The quantitative estimate of drug-likeness (QED) is 0.711. The van der Waals surface area contributed by atoms with Gasteiger partial charge in [0, 0.05) is 5.54 Å². The first kappa shape index (κ1) is 16.4. The van der Waals surface area contributed by atoms with E-state index in [1.54, 1.807) is 0 Å². The normalized spacial score (nSPS) is 14.2. The molecule has 0 bridgehead atoms. The summed E-state index contributed by atoms with van der Waals surface area (Å²) in [5.41, 5.74) is 3.27. The van der Waals surface area contributed by atoms with Crippen molar-refractivity contribution in [3.63, 3.8) is 0 Å². The van der Waals surface area contributed by atoms with Gasteiger partial charge in [0.05, 0.1) is 6.61 Å². The Bertz CT molecular complexity index is 434. The zero-order valence-corrected chi connectivity index (χ0v) is 14.0. The minimum absolute atomic E-state index is 0.247. The molecule has 1 aromatic rings. The third-order valence-electron chi connectivity index (χ3n) is 4.07. The van der Waals surface area contributed by atoms with Crippen LogP contribution < -0.4 is 10.1 Å². The summed E-state index contributed by atoms with van der Waals surface area (Å²) in [7, 11) is 0. The van der Waals surface area contributed by atoms with E-state index in [0.717, 1.165) is 25.3 Å². The van der Waals surface area contributed by atoms with Crippen molar-refractivity contribution in [3.05, 3.63) is 29.3 Å². The van der Waals surface area contributed by atoms with Crippen molar-refractivity contribution in [3.8, 4) is 5.75 Å². The lowest BCUT2D eigenvalue weighted by atomic mass is 10.1. The Hall–Kier alpha value is -1.02. The van der Waals surface area contributed by atoms with Crippen LogP contribution >= 0.6 is 0 Å². The number of fused-ring (bicyclic) bond motifs is 1. The highest BCUT2D eigenvalue weighted by atomic mass is 16.5. The summed E-state index contributed by atoms with van der Waals surface area (Å²) < 4.78 is 5.88. The number of benzene rings is 1. The van der Waals surface area contributed by atoms with E-state index in [4.69, 9.17) is 4.74 Å². The summed E-state index contributed by atoms with van der Waals surface area (Å²) in [6.45, 7) is 8.63. The molecule has 1 aliphatic rings. The maximum atomic E-state index is 5.88. The zero-order chi connectivity index (χ0) is 15.1. The van der Waals surface area contributed by atoms with Gasteiger partial charge in [-0.3, -0.25) is 0 Å². The maximum Gasteiger partial charge on any atom is 0.119 e. The van der Waals surface area contributed by atoms with Crippen molar-refractivity contribution in [1.82, 2.24) is 5.32 Å². The molecule has 0 saturated carbocycles. The Balaban J connectivity index is 1.52. The van der Waals surface area contributed by atoms with Gasteiger partial charge >= 0.3 is 0 Å². The van der Waals surface area contributed by atoms with Gasteiger partial charge in [0.15, 0.2) is 0 Å². The lowest BCUT2D eigenvalue weighted by Crippen LogP contribution is -2.36. The number of aryl methyl sites for hydroxylation is 2. The molecule has 0 unspecified atom stereocenters. The lowest BCUT2D eigenvalue weighted by molar-refractivity contribution is 0.303. The topological polar surface area (TPSA) is 21.3 Å². The average Bonchev–Trinajstić information content (AvgIpc) is 2.88. The molecule has 0 saturated heterocycles. The Labute approximate surface area is 130 Å². The molecule has 1 aromatic carbocycles. The molecule has 2 rings (SSSR count). The molecule has 118 valence electrons. The number of ether oxygens (including phenoxy) is 1. The molecule has 0 fully saturated rings. The fourth-order valence-corrected chi connectivity index (χ4v) is 2.87. The SMILES string of the molecule is CC(C)(C)NCCCCCCOc1ccc2c(c1)CCC2. The summed E-state index contributed by atoms with van der Waals surface area (Å²) in [4.78, 5) is 0. The molecule has 0 heterocycles. The van der Waals surface area contributed by atoms with Gasteiger partial charge in [-0.1, -0.05) is 18.9 Å². The van der Waals surface area contributed by atoms with Gasteiger partial charge in [0.25, 0.3) is 0 Å². The van der Waals surface area contributed by atoms with Crippen molar-refractivity contribution < 1.29 is 4.74 Å². The largest absolute Gasteiger partial charge is 0.494 e. The first-order chi connectivity index (χ1) is 10.0. The standard InChI is InChI=1S/C19H31NO/c1-19(2,3)20-13-6-4-5-7-14-21-18-12-11-16-9-8-10-17(16)15-18/h11-12,15,20H,4-10,13-14H2,1-3H3. The van der Waals surface area contributed by atoms with E-state index in [1.807, 2.05) is 0 Å². The minimum Gasteiger partial charge on any atom is -0.494 e. The van der Waals surface area contributed by atoms with Gasteiger partial charge in [0.2, 0.25) is 0 Å². The van der Waals surface area contributed by atoms with E-state index in [1.165, 1.54) is 49.7 Å². The van der Waals surface area contributed by atoms with Crippen LogP contribution in [0.3, 0.4) is 0 Å². The molecule has 0 aromatic heterocycles. The lowest BCUT2D eigenvalue weighted by Gasteiger charge is -2.20. The minimum atomic E-state index is 0.247. The van der Waals surface area contributed by atoms with Crippen molar-refractivity contribution in [2.45, 2.75) is 71.3 Å². The van der Waals surface area contributed by atoms with Gasteiger partial charge in [-0.25, -0.2) is 0 Å². The van der Waals surface area contributed by atoms with Crippen LogP contribution in [-0.4, -0.2) is 18.7 Å². The number of unbranched alkanes of at least 4 members (excludes halogenated alkanes) is 3. The van der Waals surface area contributed by atoms with Gasteiger partial charge in [0.1, 0.15) is 5.75 Å². The molecular weight excluding hydrogens is 258 g/mol. The molecular formula is C19H31NO. The second kappa shape index (κ2) is 7.84. The highest BCUT2D eigenvalue weighted by Crippen LogP contribution is 2.26. The second-order valence-electron chi connectivity index (χ2n) is 7.22. The third kappa shape index (κ3) is 6.09. The monoisotopic (exact) mass is 289 g/mol. The molecule has 0 atom stereocenters. The van der Waals surface area contributed by atoms with Crippen LogP contribution in [0.4, 0.5) is 0 Å². The predicted molar refractivity (Wildman–Crippen MR) is 90.2 cm³/mol. The number of hydrogen-bond acceptors (Lipinski definition) is 2. The summed E-state index contributed by atoms with van der Waals surface area (Å²) in [5, 5.41) is 3.53. The molecule has 1 aliphatic carbocycles. The molecule has 0 radical (unpaired) electrons. The van der Waals surface area contributed by atoms with Crippen molar-refractivity contribution in [2.24, 2.45) is 0 Å². The number of rotatable bonds is 8. The van der Waals surface area contributed by atoms with Crippen LogP contribution in [0, 0.1) is 0 Å². The molecule has 0 aliphatic heterocycles.